The van der Waals surface area contributed by atoms with Crippen molar-refractivity contribution in [3.05, 3.63) is 24.3 Å². The number of alkyl halides is 2. The number of halogens is 2. The van der Waals surface area contributed by atoms with Gasteiger partial charge in [0.25, 0.3) is 5.76 Å². The van der Waals surface area contributed by atoms with Crippen molar-refractivity contribution in [3.63, 3.8) is 0 Å². The lowest BCUT2D eigenvalue weighted by molar-refractivity contribution is -0.123. The lowest BCUT2D eigenvalue weighted by Crippen LogP contribution is -2.27. The number of carbonyl (C=O) groups excluding carboxylic acids is 1. The fourth-order valence-electron chi connectivity index (χ4n) is 2.68. The highest BCUT2D eigenvalue weighted by atomic mass is 32.2. The molecule has 122 valence electrons. The molecule has 1 aromatic carbocycles. The second-order valence-corrected chi connectivity index (χ2v) is 6.66. The molecule has 0 radical (unpaired) electrons. The minimum absolute atomic E-state index is 0.0366. The first-order valence-electron chi connectivity index (χ1n) is 7.50. The number of nitrogens with one attached hydrogen (secondary N) is 1. The average molecular weight is 329 g/mol. The molecule has 0 saturated heterocycles. The predicted molar refractivity (Wildman–Crippen MR) is 84.3 cm³/mol. The van der Waals surface area contributed by atoms with Gasteiger partial charge in [-0.3, -0.25) is 4.79 Å². The summed E-state index contributed by atoms with van der Waals surface area (Å²) in [5.41, 5.74) is 0.401. The molecule has 3 nitrogen and oxygen atoms in total. The van der Waals surface area contributed by atoms with E-state index in [4.69, 9.17) is 4.74 Å². The smallest absolute Gasteiger partial charge is 0.288 e. The molecule has 22 heavy (non-hydrogen) atoms. The number of anilines is 1. The lowest BCUT2D eigenvalue weighted by Gasteiger charge is -2.26. The van der Waals surface area contributed by atoms with E-state index in [-0.39, 0.29) is 18.6 Å². The summed E-state index contributed by atoms with van der Waals surface area (Å²) in [7, 11) is 0. The highest BCUT2D eigenvalue weighted by molar-refractivity contribution is 7.99. The zero-order valence-corrected chi connectivity index (χ0v) is 13.4. The van der Waals surface area contributed by atoms with E-state index in [1.165, 1.54) is 6.42 Å². The maximum atomic E-state index is 12.5. The number of hydrogen-bond donors (Lipinski definition) is 1. The van der Waals surface area contributed by atoms with E-state index in [9.17, 15) is 13.6 Å². The quantitative estimate of drug-likeness (QED) is 0.779. The Morgan fingerprint density at radius 3 is 2.91 bits per heavy atom. The summed E-state index contributed by atoms with van der Waals surface area (Å²) in [5, 5.41) is 2.65. The van der Waals surface area contributed by atoms with Crippen LogP contribution in [-0.2, 0) is 9.53 Å². The van der Waals surface area contributed by atoms with Crippen molar-refractivity contribution in [3.8, 4) is 0 Å². The first kappa shape index (κ1) is 17.2. The second-order valence-electron chi connectivity index (χ2n) is 5.63. The van der Waals surface area contributed by atoms with Crippen LogP contribution >= 0.6 is 11.8 Å². The summed E-state index contributed by atoms with van der Waals surface area (Å²) in [4.78, 5) is 12.3. The number of ether oxygens (including phenoxy) is 1. The molecule has 2 atom stereocenters. The number of para-hydroxylation sites is 1. The van der Waals surface area contributed by atoms with Crippen molar-refractivity contribution in [2.45, 2.75) is 49.4 Å². The van der Waals surface area contributed by atoms with Gasteiger partial charge in [0.1, 0.15) is 6.61 Å². The van der Waals surface area contributed by atoms with Gasteiger partial charge in [-0.2, -0.15) is 8.78 Å². The van der Waals surface area contributed by atoms with Gasteiger partial charge in [-0.25, -0.2) is 0 Å². The van der Waals surface area contributed by atoms with Crippen molar-refractivity contribution < 1.29 is 18.3 Å². The molecule has 1 aliphatic carbocycles. The Hall–Kier alpha value is -1.14. The third-order valence-corrected chi connectivity index (χ3v) is 4.50. The zero-order chi connectivity index (χ0) is 15.9. The normalized spacial score (nSPS) is 21.8. The van der Waals surface area contributed by atoms with Crippen LogP contribution in [0, 0.1) is 5.92 Å². The van der Waals surface area contributed by atoms with Gasteiger partial charge >= 0.3 is 0 Å². The molecule has 2 unspecified atom stereocenters. The summed E-state index contributed by atoms with van der Waals surface area (Å²) in [6.07, 6.45) is 4.42. The largest absolute Gasteiger partial charge is 0.368 e. The molecule has 2 rings (SSSR count). The Bertz CT molecular complexity index is 499. The Labute approximate surface area is 133 Å². The van der Waals surface area contributed by atoms with Crippen LogP contribution in [0.15, 0.2) is 29.2 Å². The summed E-state index contributed by atoms with van der Waals surface area (Å²) >= 11 is 0.425. The second kappa shape index (κ2) is 8.48. The molecule has 6 heteroatoms. The molecule has 1 amide bonds. The molecule has 0 spiro atoms. The minimum atomic E-state index is -2.52. The van der Waals surface area contributed by atoms with E-state index in [2.05, 4.69) is 12.2 Å². The predicted octanol–water partition coefficient (Wildman–Crippen LogP) is 4.54. The van der Waals surface area contributed by atoms with Crippen LogP contribution in [-0.4, -0.2) is 24.4 Å². The van der Waals surface area contributed by atoms with Gasteiger partial charge in [0.15, 0.2) is 0 Å². The van der Waals surface area contributed by atoms with Crippen molar-refractivity contribution in [1.29, 1.82) is 0 Å². The van der Waals surface area contributed by atoms with Crippen molar-refractivity contribution >= 4 is 23.4 Å². The molecule has 1 fully saturated rings. The molecule has 1 aromatic rings. The van der Waals surface area contributed by atoms with Crippen molar-refractivity contribution in [1.82, 2.24) is 0 Å². The van der Waals surface area contributed by atoms with Crippen LogP contribution in [0.2, 0.25) is 0 Å². The third-order valence-electron chi connectivity index (χ3n) is 3.72. The van der Waals surface area contributed by atoms with Gasteiger partial charge in [0, 0.05) is 4.90 Å². The van der Waals surface area contributed by atoms with Crippen LogP contribution in [0.25, 0.3) is 0 Å². The third kappa shape index (κ3) is 5.57. The molecule has 1 N–H and O–H groups in total. The molecule has 0 heterocycles. The maximum absolute atomic E-state index is 12.5. The van der Waals surface area contributed by atoms with Crippen LogP contribution in [0.4, 0.5) is 14.5 Å². The number of benzene rings is 1. The van der Waals surface area contributed by atoms with Gasteiger partial charge in [-0.1, -0.05) is 43.7 Å². The summed E-state index contributed by atoms with van der Waals surface area (Å²) in [6, 6.07) is 6.55. The van der Waals surface area contributed by atoms with E-state index in [0.717, 1.165) is 19.3 Å². The molecule has 1 saturated carbocycles. The van der Waals surface area contributed by atoms with Gasteiger partial charge in [-0.05, 0) is 30.9 Å². The standard InChI is InChI=1S/C16H21F2NO2S/c1-11-5-4-6-12(9-11)21-10-15(20)19-13-7-2-3-8-14(13)22-16(17)18/h2-3,7-8,11-12,16H,4-6,9-10H2,1H3,(H,19,20). The number of thioether (sulfide) groups is 1. The summed E-state index contributed by atoms with van der Waals surface area (Å²) < 4.78 is 30.6. The van der Waals surface area contributed by atoms with E-state index in [0.29, 0.717) is 28.3 Å². The molecular weight excluding hydrogens is 308 g/mol. The monoisotopic (exact) mass is 329 g/mol. The Morgan fingerprint density at radius 2 is 2.18 bits per heavy atom. The van der Waals surface area contributed by atoms with E-state index in [1.54, 1.807) is 24.3 Å². The molecule has 0 aliphatic heterocycles. The first-order chi connectivity index (χ1) is 10.5. The van der Waals surface area contributed by atoms with E-state index >= 15 is 0 Å². The van der Waals surface area contributed by atoms with Gasteiger partial charge in [0.05, 0.1) is 11.8 Å². The highest BCUT2D eigenvalue weighted by Crippen LogP contribution is 2.31. The van der Waals surface area contributed by atoms with Crippen molar-refractivity contribution in [2.24, 2.45) is 5.92 Å². The molecular formula is C16H21F2NO2S. The topological polar surface area (TPSA) is 38.3 Å². The van der Waals surface area contributed by atoms with Crippen LogP contribution in [0.3, 0.4) is 0 Å². The number of carbonyl (C=O) groups is 1. The summed E-state index contributed by atoms with van der Waals surface area (Å²) in [6.45, 7) is 2.15. The first-order valence-corrected chi connectivity index (χ1v) is 8.38. The SMILES string of the molecule is CC1CCCC(OCC(=O)Nc2ccccc2SC(F)F)C1. The Balaban J connectivity index is 1.84. The summed E-state index contributed by atoms with van der Waals surface area (Å²) in [5.74, 6) is -2.19. The van der Waals surface area contributed by atoms with Gasteiger partial charge in [-0.15, -0.1) is 0 Å². The molecule has 0 bridgehead atoms. The highest BCUT2D eigenvalue weighted by Gasteiger charge is 2.20. The minimum Gasteiger partial charge on any atom is -0.368 e. The maximum Gasteiger partial charge on any atom is 0.288 e. The van der Waals surface area contributed by atoms with E-state index < -0.39 is 5.76 Å². The number of rotatable bonds is 6. The fourth-order valence-corrected chi connectivity index (χ4v) is 3.27. The lowest BCUT2D eigenvalue weighted by atomic mass is 9.89. The molecule has 1 aliphatic rings. The fraction of sp³-hybridized carbons (Fsp3) is 0.562. The zero-order valence-electron chi connectivity index (χ0n) is 12.6. The molecule has 0 aromatic heterocycles. The van der Waals surface area contributed by atoms with Crippen molar-refractivity contribution in [2.75, 3.05) is 11.9 Å². The average Bonchev–Trinajstić information content (AvgIpc) is 2.47. The van der Waals surface area contributed by atoms with Crippen LogP contribution in [0.1, 0.15) is 32.6 Å². The van der Waals surface area contributed by atoms with E-state index in [1.807, 2.05) is 0 Å². The Kier molecular flexibility index (Phi) is 6.64. The van der Waals surface area contributed by atoms with Gasteiger partial charge in [0.2, 0.25) is 5.91 Å². The number of hydrogen-bond acceptors (Lipinski definition) is 3. The number of amides is 1. The van der Waals surface area contributed by atoms with Gasteiger partial charge < -0.3 is 10.1 Å². The van der Waals surface area contributed by atoms with Crippen LogP contribution < -0.4 is 5.32 Å². The van der Waals surface area contributed by atoms with Crippen LogP contribution in [0.5, 0.6) is 0 Å². The Morgan fingerprint density at radius 1 is 1.41 bits per heavy atom.